The van der Waals surface area contributed by atoms with Gasteiger partial charge in [-0.1, -0.05) is 11.3 Å². The number of nitrogens with one attached hydrogen (secondary N) is 1. The van der Waals surface area contributed by atoms with Crippen LogP contribution in [0.5, 0.6) is 5.19 Å². The second kappa shape index (κ2) is 11.2. The van der Waals surface area contributed by atoms with Gasteiger partial charge in [0.25, 0.3) is 11.1 Å². The number of alkyl halides is 3. The summed E-state index contributed by atoms with van der Waals surface area (Å²) in [6, 6.07) is 5.93. The summed E-state index contributed by atoms with van der Waals surface area (Å²) in [5.41, 5.74) is 2.52. The van der Waals surface area contributed by atoms with Crippen molar-refractivity contribution in [1.82, 2.24) is 20.2 Å². The van der Waals surface area contributed by atoms with E-state index in [1.54, 1.807) is 11.3 Å². The van der Waals surface area contributed by atoms with Gasteiger partial charge in [0.15, 0.2) is 6.61 Å². The first kappa shape index (κ1) is 26.4. The topological polar surface area (TPSA) is 67.4 Å². The highest BCUT2D eigenvalue weighted by molar-refractivity contribution is 7.18. The van der Waals surface area contributed by atoms with Crippen LogP contribution >= 0.6 is 22.7 Å². The molecule has 6 nitrogen and oxygen atoms in total. The number of ether oxygens (including phenoxy) is 1. The number of halogens is 3. The van der Waals surface area contributed by atoms with Gasteiger partial charge in [-0.15, -0.1) is 11.3 Å². The third-order valence-corrected chi connectivity index (χ3v) is 9.23. The van der Waals surface area contributed by atoms with E-state index in [2.05, 4.69) is 20.2 Å². The Morgan fingerprint density at radius 2 is 1.92 bits per heavy atom. The first-order chi connectivity index (χ1) is 17.7. The van der Waals surface area contributed by atoms with Crippen LogP contribution in [0.1, 0.15) is 58.0 Å². The molecule has 0 atom stereocenters. The van der Waals surface area contributed by atoms with Crippen molar-refractivity contribution in [1.29, 1.82) is 0 Å². The number of fused-ring (bicyclic) bond motifs is 2. The number of nitrogens with zero attached hydrogens (tertiary/aromatic N) is 3. The lowest BCUT2D eigenvalue weighted by Crippen LogP contribution is -2.38. The van der Waals surface area contributed by atoms with Crippen LogP contribution in [0.2, 0.25) is 0 Å². The Labute approximate surface area is 222 Å². The van der Waals surface area contributed by atoms with Gasteiger partial charge in [0, 0.05) is 36.0 Å². The van der Waals surface area contributed by atoms with Crippen molar-refractivity contribution in [3.05, 3.63) is 39.3 Å². The molecule has 200 valence electrons. The molecule has 1 amide bonds. The zero-order chi connectivity index (χ0) is 26.0. The maximum atomic E-state index is 12.8. The van der Waals surface area contributed by atoms with E-state index in [9.17, 15) is 18.0 Å². The number of rotatable bonds is 7. The Bertz CT molecular complexity index is 1210. The molecular weight excluding hydrogens is 521 g/mol. The molecule has 0 unspecified atom stereocenters. The van der Waals surface area contributed by atoms with Crippen molar-refractivity contribution in [2.45, 2.75) is 64.1 Å². The van der Waals surface area contributed by atoms with E-state index >= 15 is 0 Å². The third kappa shape index (κ3) is 7.00. The third-order valence-electron chi connectivity index (χ3n) is 7.23. The van der Waals surface area contributed by atoms with Crippen LogP contribution in [0.4, 0.5) is 13.2 Å². The second-order valence-corrected chi connectivity index (χ2v) is 12.3. The summed E-state index contributed by atoms with van der Waals surface area (Å²) in [7, 11) is 0. The van der Waals surface area contributed by atoms with Crippen LogP contribution in [0.3, 0.4) is 0 Å². The van der Waals surface area contributed by atoms with E-state index in [1.807, 2.05) is 25.1 Å². The molecule has 1 aliphatic heterocycles. The Kier molecular flexibility index (Phi) is 8.02. The van der Waals surface area contributed by atoms with Gasteiger partial charge in [0.1, 0.15) is 0 Å². The number of carbonyl (C=O) groups excluding carboxylic acids is 1. The number of amides is 1. The molecule has 11 heteroatoms. The van der Waals surface area contributed by atoms with Crippen molar-refractivity contribution < 1.29 is 22.7 Å². The van der Waals surface area contributed by atoms with Crippen molar-refractivity contribution in [3.8, 4) is 5.19 Å². The Balaban J connectivity index is 1.03. The highest BCUT2D eigenvalue weighted by Gasteiger charge is 2.30. The summed E-state index contributed by atoms with van der Waals surface area (Å²) in [5, 5.41) is 4.35. The van der Waals surface area contributed by atoms with Crippen molar-refractivity contribution in [2.24, 2.45) is 5.92 Å². The zero-order valence-electron chi connectivity index (χ0n) is 20.8. The number of hydrogen-bond acceptors (Lipinski definition) is 7. The lowest BCUT2D eigenvalue weighted by molar-refractivity contribution is -0.153. The lowest BCUT2D eigenvalue weighted by Gasteiger charge is -2.30. The van der Waals surface area contributed by atoms with E-state index in [0.29, 0.717) is 11.5 Å². The minimum atomic E-state index is -4.35. The monoisotopic (exact) mass is 552 g/mol. The minimum absolute atomic E-state index is 0.00555. The highest BCUT2D eigenvalue weighted by atomic mass is 32.1. The molecule has 1 aromatic carbocycles. The van der Waals surface area contributed by atoms with E-state index in [4.69, 9.17) is 4.74 Å². The average Bonchev–Trinajstić information content (AvgIpc) is 3.38. The summed E-state index contributed by atoms with van der Waals surface area (Å²) < 4.78 is 43.1. The van der Waals surface area contributed by atoms with E-state index in [0.717, 1.165) is 90.4 Å². The van der Waals surface area contributed by atoms with Crippen molar-refractivity contribution in [3.63, 3.8) is 0 Å². The number of hydrogen-bond donors (Lipinski definition) is 1. The van der Waals surface area contributed by atoms with Gasteiger partial charge < -0.3 is 15.0 Å². The number of aryl methyl sites for hydroxylation is 1. The molecule has 2 aromatic heterocycles. The molecule has 37 heavy (non-hydrogen) atoms. The van der Waals surface area contributed by atoms with Crippen LogP contribution in [-0.2, 0) is 12.8 Å². The Hall–Kier alpha value is -2.24. The van der Waals surface area contributed by atoms with Crippen LogP contribution in [0.25, 0.3) is 10.2 Å². The first-order valence-electron chi connectivity index (χ1n) is 12.8. The molecule has 0 saturated heterocycles. The molecule has 3 aromatic rings. The molecule has 0 radical (unpaired) electrons. The number of thiazole rings is 2. The Morgan fingerprint density at radius 1 is 1.14 bits per heavy atom. The maximum absolute atomic E-state index is 12.8. The van der Waals surface area contributed by atoms with Crippen LogP contribution in [0, 0.1) is 12.8 Å². The summed E-state index contributed by atoms with van der Waals surface area (Å²) in [6.45, 7) is 3.46. The summed E-state index contributed by atoms with van der Waals surface area (Å²) in [4.78, 5) is 25.0. The molecule has 0 bridgehead atoms. The molecule has 3 heterocycles. The van der Waals surface area contributed by atoms with Crippen molar-refractivity contribution in [2.75, 3.05) is 26.2 Å². The van der Waals surface area contributed by atoms with Gasteiger partial charge in [0.2, 0.25) is 0 Å². The number of carbonyl (C=O) groups is 1. The van der Waals surface area contributed by atoms with Crippen LogP contribution < -0.4 is 10.1 Å². The predicted molar refractivity (Wildman–Crippen MR) is 140 cm³/mol. The molecule has 1 N–H and O–H groups in total. The number of aromatic nitrogens is 2. The van der Waals surface area contributed by atoms with Gasteiger partial charge in [-0.05, 0) is 76.1 Å². The largest absolute Gasteiger partial charge is 0.460 e. The zero-order valence-corrected chi connectivity index (χ0v) is 22.4. The smallest absolute Gasteiger partial charge is 0.422 e. The Morgan fingerprint density at radius 3 is 2.70 bits per heavy atom. The molecule has 2 aliphatic rings. The first-order valence-corrected chi connectivity index (χ1v) is 14.4. The highest BCUT2D eigenvalue weighted by Crippen LogP contribution is 2.31. The SMILES string of the molecule is Cc1nc2ccc(C(=O)NC3CCC(CCN4CCc5nc(OCC(F)(F)F)sc5CC4)CC3)cc2s1. The normalized spacial score (nSPS) is 21.0. The fourth-order valence-electron chi connectivity index (χ4n) is 5.23. The number of benzene rings is 1. The molecule has 5 rings (SSSR count). The molecular formula is C26H31F3N4O2S2. The molecule has 0 spiro atoms. The quantitative estimate of drug-likeness (QED) is 0.402. The molecule has 1 aliphatic carbocycles. The molecule has 1 fully saturated rings. The van der Waals surface area contributed by atoms with Gasteiger partial charge in [-0.25, -0.2) is 9.97 Å². The fraction of sp³-hybridized carbons (Fsp3) is 0.577. The summed E-state index contributed by atoms with van der Waals surface area (Å²) >= 11 is 2.85. The predicted octanol–water partition coefficient (Wildman–Crippen LogP) is 5.78. The van der Waals surface area contributed by atoms with E-state index < -0.39 is 12.8 Å². The average molecular weight is 553 g/mol. The maximum Gasteiger partial charge on any atom is 0.422 e. The molecule has 1 saturated carbocycles. The standard InChI is InChI=1S/C26H31F3N4O2S2/c1-16-30-20-7-4-18(14-23(20)36-16)24(34)31-19-5-2-17(3-6-19)8-11-33-12-9-21-22(10-13-33)37-25(32-21)35-15-26(27,28)29/h4,7,14,17,19H,2-3,5-6,8-13,15H2,1H3,(H,31,34). The van der Waals surface area contributed by atoms with Crippen LogP contribution in [0.15, 0.2) is 18.2 Å². The van der Waals surface area contributed by atoms with E-state index in [1.165, 1.54) is 11.3 Å². The summed E-state index contributed by atoms with van der Waals surface area (Å²) in [6.07, 6.45) is 2.55. The lowest BCUT2D eigenvalue weighted by atomic mass is 9.84. The van der Waals surface area contributed by atoms with Gasteiger partial charge >= 0.3 is 6.18 Å². The van der Waals surface area contributed by atoms with Crippen molar-refractivity contribution >= 4 is 38.8 Å². The van der Waals surface area contributed by atoms with Gasteiger partial charge in [-0.2, -0.15) is 13.2 Å². The second-order valence-electron chi connectivity index (χ2n) is 9.99. The van der Waals surface area contributed by atoms with Gasteiger partial charge in [-0.3, -0.25) is 4.79 Å². The minimum Gasteiger partial charge on any atom is -0.460 e. The fourth-order valence-corrected chi connectivity index (χ4v) is 7.03. The van der Waals surface area contributed by atoms with E-state index in [-0.39, 0.29) is 17.1 Å². The van der Waals surface area contributed by atoms with Gasteiger partial charge in [0.05, 0.1) is 20.9 Å². The summed E-state index contributed by atoms with van der Waals surface area (Å²) in [5.74, 6) is 0.650. The van der Waals surface area contributed by atoms with Crippen LogP contribution in [-0.4, -0.2) is 59.2 Å².